The van der Waals surface area contributed by atoms with Crippen molar-refractivity contribution < 1.29 is 28.2 Å². The number of hydrogen-bond acceptors (Lipinski definition) is 6. The van der Waals surface area contributed by atoms with E-state index in [4.69, 9.17) is 18.6 Å². The van der Waals surface area contributed by atoms with Crippen molar-refractivity contribution in [3.63, 3.8) is 0 Å². The minimum Gasteiger partial charge on any atom is -0.456 e. The zero-order chi connectivity index (χ0) is 26.6. The predicted octanol–water partition coefficient (Wildman–Crippen LogP) is 4.24. The summed E-state index contributed by atoms with van der Waals surface area (Å²) < 4.78 is 24.4. The van der Waals surface area contributed by atoms with Gasteiger partial charge in [0.25, 0.3) is 8.32 Å². The fourth-order valence-corrected chi connectivity index (χ4v) is 9.33. The van der Waals surface area contributed by atoms with E-state index in [9.17, 15) is 9.59 Å². The number of hydrogen-bond donors (Lipinski definition) is 0. The SMILES string of the molecule is CO[C@H]1CCC(=O)O[C@@H]1[C@H](CO[Si](c1ccccc1)(c1ccccc1)C(C)(C)C)OC(=O)C(C)(C)C. The number of carbonyl (C=O) groups excluding carboxylic acids is 2. The Bertz CT molecular complexity index is 970. The summed E-state index contributed by atoms with van der Waals surface area (Å²) in [6.45, 7) is 12.0. The van der Waals surface area contributed by atoms with Gasteiger partial charge in [-0.3, -0.25) is 9.59 Å². The Kier molecular flexibility index (Phi) is 8.80. The van der Waals surface area contributed by atoms with Crippen LogP contribution >= 0.6 is 0 Å². The third-order valence-corrected chi connectivity index (χ3v) is 11.7. The van der Waals surface area contributed by atoms with E-state index in [1.54, 1.807) is 27.9 Å². The summed E-state index contributed by atoms with van der Waals surface area (Å²) in [6, 6.07) is 20.5. The van der Waals surface area contributed by atoms with Crippen LogP contribution in [-0.4, -0.2) is 52.3 Å². The number of rotatable bonds is 8. The number of methoxy groups -OCH3 is 1. The van der Waals surface area contributed by atoms with Crippen LogP contribution in [0.1, 0.15) is 54.4 Å². The summed E-state index contributed by atoms with van der Waals surface area (Å²) in [5.41, 5.74) is -0.725. The molecule has 2 aromatic rings. The molecule has 7 heteroatoms. The van der Waals surface area contributed by atoms with Gasteiger partial charge >= 0.3 is 11.9 Å². The van der Waals surface area contributed by atoms with Gasteiger partial charge in [0.15, 0.2) is 12.2 Å². The van der Waals surface area contributed by atoms with Gasteiger partial charge in [-0.2, -0.15) is 0 Å². The van der Waals surface area contributed by atoms with Crippen LogP contribution in [0.25, 0.3) is 0 Å². The van der Waals surface area contributed by atoms with Crippen molar-refractivity contribution in [1.82, 2.24) is 0 Å². The van der Waals surface area contributed by atoms with Gasteiger partial charge in [-0.05, 0) is 42.6 Å². The maximum Gasteiger partial charge on any atom is 0.311 e. The molecule has 0 unspecified atom stereocenters. The van der Waals surface area contributed by atoms with Gasteiger partial charge < -0.3 is 18.6 Å². The topological polar surface area (TPSA) is 71.1 Å². The van der Waals surface area contributed by atoms with E-state index >= 15 is 0 Å². The van der Waals surface area contributed by atoms with Crippen LogP contribution < -0.4 is 10.4 Å². The molecule has 36 heavy (non-hydrogen) atoms. The number of benzene rings is 2. The minimum atomic E-state index is -2.89. The normalized spacial score (nSPS) is 19.9. The Morgan fingerprint density at radius 3 is 1.94 bits per heavy atom. The summed E-state index contributed by atoms with van der Waals surface area (Å²) in [7, 11) is -1.31. The summed E-state index contributed by atoms with van der Waals surface area (Å²) in [5, 5.41) is 1.99. The summed E-state index contributed by atoms with van der Waals surface area (Å²) >= 11 is 0. The molecule has 1 heterocycles. The van der Waals surface area contributed by atoms with Crippen molar-refractivity contribution in [3.05, 3.63) is 60.7 Å². The smallest absolute Gasteiger partial charge is 0.311 e. The van der Waals surface area contributed by atoms with E-state index in [1.165, 1.54) is 0 Å². The van der Waals surface area contributed by atoms with Crippen molar-refractivity contribution in [3.8, 4) is 0 Å². The van der Waals surface area contributed by atoms with Crippen LogP contribution in [0, 0.1) is 5.41 Å². The fraction of sp³-hybridized carbons (Fsp3) is 0.517. The quantitative estimate of drug-likeness (QED) is 0.389. The van der Waals surface area contributed by atoms with Crippen LogP contribution in [0.5, 0.6) is 0 Å². The van der Waals surface area contributed by atoms with Crippen molar-refractivity contribution in [2.75, 3.05) is 13.7 Å². The molecule has 1 fully saturated rings. The molecule has 6 nitrogen and oxygen atoms in total. The van der Waals surface area contributed by atoms with Crippen molar-refractivity contribution in [1.29, 1.82) is 0 Å². The highest BCUT2D eigenvalue weighted by Gasteiger charge is 2.51. The number of cyclic esters (lactones) is 1. The fourth-order valence-electron chi connectivity index (χ4n) is 4.76. The molecule has 1 aliphatic rings. The van der Waals surface area contributed by atoms with E-state index in [1.807, 2.05) is 36.4 Å². The molecule has 3 rings (SSSR count). The lowest BCUT2D eigenvalue weighted by Gasteiger charge is -2.44. The largest absolute Gasteiger partial charge is 0.456 e. The Morgan fingerprint density at radius 1 is 0.972 bits per heavy atom. The Balaban J connectivity index is 2.07. The molecule has 0 aliphatic carbocycles. The lowest BCUT2D eigenvalue weighted by atomic mass is 9.96. The van der Waals surface area contributed by atoms with E-state index in [0.717, 1.165) is 10.4 Å². The third kappa shape index (κ3) is 6.07. The van der Waals surface area contributed by atoms with E-state index in [0.29, 0.717) is 6.42 Å². The second kappa shape index (κ2) is 11.3. The van der Waals surface area contributed by atoms with Crippen LogP contribution in [0.2, 0.25) is 5.04 Å². The zero-order valence-electron chi connectivity index (χ0n) is 22.6. The maximum absolute atomic E-state index is 13.0. The molecule has 0 bridgehead atoms. The van der Waals surface area contributed by atoms with Gasteiger partial charge in [0.05, 0.1) is 18.1 Å². The molecule has 0 aromatic heterocycles. The van der Waals surface area contributed by atoms with Gasteiger partial charge in [-0.25, -0.2) is 0 Å². The second-order valence-electron chi connectivity index (χ2n) is 11.4. The molecule has 2 aromatic carbocycles. The molecule has 0 saturated carbocycles. The molecular weight excluding hydrogens is 472 g/mol. The highest BCUT2D eigenvalue weighted by molar-refractivity contribution is 6.99. The standard InChI is InChI=1S/C29H40O6Si/c1-28(2,3)27(31)34-24(26-23(32-7)18-19-25(30)35-26)20-33-36(29(4,5)6,21-14-10-8-11-15-21)22-16-12-9-13-17-22/h8-17,23-24,26H,18-20H2,1-7H3/t23-,24-,26-/m0/s1. The first kappa shape index (κ1) is 28.1. The van der Waals surface area contributed by atoms with Gasteiger partial charge in [0.2, 0.25) is 0 Å². The lowest BCUT2D eigenvalue weighted by molar-refractivity contribution is -0.195. The first-order chi connectivity index (χ1) is 16.9. The van der Waals surface area contributed by atoms with Crippen molar-refractivity contribution in [2.45, 2.75) is 77.7 Å². The van der Waals surface area contributed by atoms with Gasteiger partial charge in [0.1, 0.15) is 0 Å². The Labute approximate surface area is 216 Å². The number of carbonyl (C=O) groups is 2. The highest BCUT2D eigenvalue weighted by atomic mass is 28.4. The minimum absolute atomic E-state index is 0.0763. The van der Waals surface area contributed by atoms with Crippen LogP contribution in [0.4, 0.5) is 0 Å². The number of esters is 2. The van der Waals surface area contributed by atoms with Crippen LogP contribution in [0.3, 0.4) is 0 Å². The number of ether oxygens (including phenoxy) is 3. The van der Waals surface area contributed by atoms with Crippen LogP contribution in [-0.2, 0) is 28.2 Å². The van der Waals surface area contributed by atoms with E-state index in [-0.39, 0.29) is 36.1 Å². The lowest BCUT2D eigenvalue weighted by Crippen LogP contribution is -2.67. The summed E-state index contributed by atoms with van der Waals surface area (Å²) in [5.74, 6) is -0.703. The van der Waals surface area contributed by atoms with Gasteiger partial charge in [-0.15, -0.1) is 0 Å². The van der Waals surface area contributed by atoms with E-state index in [2.05, 4.69) is 45.0 Å². The molecular formula is C29H40O6Si. The maximum atomic E-state index is 13.0. The Hall–Kier alpha value is -2.48. The molecule has 1 aliphatic heterocycles. The van der Waals surface area contributed by atoms with Crippen molar-refractivity contribution >= 4 is 30.6 Å². The monoisotopic (exact) mass is 512 g/mol. The third-order valence-electron chi connectivity index (χ3n) is 6.69. The van der Waals surface area contributed by atoms with Gasteiger partial charge in [-0.1, -0.05) is 81.4 Å². The first-order valence-electron chi connectivity index (χ1n) is 12.6. The summed E-state index contributed by atoms with van der Waals surface area (Å²) in [4.78, 5) is 25.3. The predicted molar refractivity (Wildman–Crippen MR) is 143 cm³/mol. The molecule has 1 saturated heterocycles. The molecule has 196 valence electrons. The van der Waals surface area contributed by atoms with Crippen molar-refractivity contribution in [2.24, 2.45) is 5.41 Å². The summed E-state index contributed by atoms with van der Waals surface area (Å²) in [6.07, 6.45) is -1.18. The average Bonchev–Trinajstić information content (AvgIpc) is 2.83. The Morgan fingerprint density at radius 2 is 1.50 bits per heavy atom. The molecule has 3 atom stereocenters. The zero-order valence-corrected chi connectivity index (χ0v) is 23.6. The molecule has 0 amide bonds. The highest BCUT2D eigenvalue weighted by Crippen LogP contribution is 2.37. The molecule has 0 radical (unpaired) electrons. The second-order valence-corrected chi connectivity index (χ2v) is 15.7. The van der Waals surface area contributed by atoms with Gasteiger partial charge in [0, 0.05) is 13.5 Å². The van der Waals surface area contributed by atoms with E-state index < -0.39 is 25.9 Å². The van der Waals surface area contributed by atoms with Crippen LogP contribution in [0.15, 0.2) is 60.7 Å². The molecule has 0 N–H and O–H groups in total. The average molecular weight is 513 g/mol. The molecule has 0 spiro atoms. The first-order valence-corrected chi connectivity index (χ1v) is 14.5.